The standard InChI is InChI=1S/C27H30FN3O/c1-27-16-22-21(14-17-8-4-3-5-9-17)31(24(27)13-7-12-23(27)30(22)2)26(32)20-15-18-10-6-11-19(28)25(18)29-20/h3-6,8-11,15,21-24,29H,7,12-14,16H2,1-2H3/t21-,22-,23-,24+,27-/m0/s1. The average molecular weight is 432 g/mol. The van der Waals surface area contributed by atoms with Crippen LogP contribution in [0.2, 0.25) is 0 Å². The first-order chi connectivity index (χ1) is 15.5. The predicted octanol–water partition coefficient (Wildman–Crippen LogP) is 5.01. The van der Waals surface area contributed by atoms with Gasteiger partial charge in [0.05, 0.1) is 11.6 Å². The van der Waals surface area contributed by atoms with Crippen molar-refractivity contribution in [3.63, 3.8) is 0 Å². The van der Waals surface area contributed by atoms with Crippen LogP contribution in [0, 0.1) is 11.2 Å². The predicted molar refractivity (Wildman–Crippen MR) is 124 cm³/mol. The molecule has 2 aromatic carbocycles. The second kappa shape index (κ2) is 7.17. The molecule has 166 valence electrons. The molecule has 3 aliphatic rings. The number of carbonyl (C=O) groups is 1. The van der Waals surface area contributed by atoms with Gasteiger partial charge in [-0.15, -0.1) is 0 Å². The van der Waals surface area contributed by atoms with Gasteiger partial charge in [0.1, 0.15) is 11.5 Å². The van der Waals surface area contributed by atoms with Gasteiger partial charge >= 0.3 is 0 Å². The zero-order valence-corrected chi connectivity index (χ0v) is 18.7. The number of rotatable bonds is 3. The zero-order chi connectivity index (χ0) is 22.0. The van der Waals surface area contributed by atoms with E-state index in [0.29, 0.717) is 23.3 Å². The summed E-state index contributed by atoms with van der Waals surface area (Å²) in [6.45, 7) is 2.39. The van der Waals surface area contributed by atoms with Gasteiger partial charge in [-0.2, -0.15) is 0 Å². The number of likely N-dealkylation sites (N-methyl/N-ethyl adjacent to an activating group) is 1. The number of halogens is 1. The van der Waals surface area contributed by atoms with Gasteiger partial charge in [0.25, 0.3) is 5.91 Å². The maximum Gasteiger partial charge on any atom is 0.270 e. The quantitative estimate of drug-likeness (QED) is 0.634. The minimum absolute atomic E-state index is 0.0124. The first kappa shape index (κ1) is 20.0. The topological polar surface area (TPSA) is 39.3 Å². The number of likely N-dealkylation sites (tertiary alicyclic amines) is 2. The number of nitrogens with zero attached hydrogens (tertiary/aromatic N) is 2. The molecule has 2 bridgehead atoms. The first-order valence-corrected chi connectivity index (χ1v) is 11.8. The highest BCUT2D eigenvalue weighted by Gasteiger charge is 2.62. The fraction of sp³-hybridized carbons (Fsp3) is 0.444. The Morgan fingerprint density at radius 2 is 1.91 bits per heavy atom. The van der Waals surface area contributed by atoms with E-state index in [-0.39, 0.29) is 29.2 Å². The van der Waals surface area contributed by atoms with E-state index in [1.807, 2.05) is 18.2 Å². The zero-order valence-electron chi connectivity index (χ0n) is 18.7. The molecule has 0 unspecified atom stereocenters. The number of nitrogens with one attached hydrogen (secondary N) is 1. The number of H-pyrrole nitrogens is 1. The summed E-state index contributed by atoms with van der Waals surface area (Å²) in [6.07, 6.45) is 5.37. The molecule has 3 heterocycles. The lowest BCUT2D eigenvalue weighted by atomic mass is 9.64. The Hall–Kier alpha value is -2.66. The van der Waals surface area contributed by atoms with Gasteiger partial charge in [0, 0.05) is 28.9 Å². The fourth-order valence-corrected chi connectivity index (χ4v) is 7.19. The monoisotopic (exact) mass is 431 g/mol. The van der Waals surface area contributed by atoms with Gasteiger partial charge in [-0.05, 0) is 56.8 Å². The molecule has 1 N–H and O–H groups in total. The van der Waals surface area contributed by atoms with Crippen molar-refractivity contribution >= 4 is 16.8 Å². The van der Waals surface area contributed by atoms with E-state index < -0.39 is 0 Å². The molecule has 4 nitrogen and oxygen atoms in total. The molecule has 1 saturated carbocycles. The molecule has 0 spiro atoms. The average Bonchev–Trinajstić information content (AvgIpc) is 3.34. The van der Waals surface area contributed by atoms with Crippen LogP contribution in [0.5, 0.6) is 0 Å². The molecule has 1 amide bonds. The second-order valence-corrected chi connectivity index (χ2v) is 10.3. The summed E-state index contributed by atoms with van der Waals surface area (Å²) in [6, 6.07) is 18.5. The van der Waals surface area contributed by atoms with Crippen LogP contribution in [0.15, 0.2) is 54.6 Å². The molecule has 1 aliphatic carbocycles. The molecule has 0 radical (unpaired) electrons. The number of piperidine rings is 1. The fourth-order valence-electron chi connectivity index (χ4n) is 7.19. The summed E-state index contributed by atoms with van der Waals surface area (Å²) in [4.78, 5) is 22.0. The van der Waals surface area contributed by atoms with Crippen molar-refractivity contribution in [2.75, 3.05) is 7.05 Å². The summed E-state index contributed by atoms with van der Waals surface area (Å²) >= 11 is 0. The van der Waals surface area contributed by atoms with Crippen LogP contribution in [0.4, 0.5) is 4.39 Å². The Balaban J connectivity index is 1.45. The first-order valence-electron chi connectivity index (χ1n) is 11.8. The molecule has 32 heavy (non-hydrogen) atoms. The van der Waals surface area contributed by atoms with Gasteiger partial charge in [0.2, 0.25) is 0 Å². The molecule has 5 heteroatoms. The van der Waals surface area contributed by atoms with E-state index in [9.17, 15) is 9.18 Å². The number of aromatic amines is 1. The van der Waals surface area contributed by atoms with Crippen LogP contribution in [0.25, 0.3) is 10.9 Å². The Morgan fingerprint density at radius 3 is 2.69 bits per heavy atom. The highest BCUT2D eigenvalue weighted by atomic mass is 19.1. The van der Waals surface area contributed by atoms with Crippen molar-refractivity contribution in [1.82, 2.24) is 14.8 Å². The number of hydrogen-bond acceptors (Lipinski definition) is 2. The molecule has 5 atom stereocenters. The number of para-hydroxylation sites is 1. The lowest BCUT2D eigenvalue weighted by molar-refractivity contribution is -0.0114. The molecule has 1 aromatic heterocycles. The highest BCUT2D eigenvalue weighted by molar-refractivity contribution is 5.98. The van der Waals surface area contributed by atoms with Gasteiger partial charge in [-0.25, -0.2) is 4.39 Å². The Bertz CT molecular complexity index is 1170. The summed E-state index contributed by atoms with van der Waals surface area (Å²) in [5.74, 6) is -0.302. The summed E-state index contributed by atoms with van der Waals surface area (Å²) in [5, 5.41) is 0.748. The van der Waals surface area contributed by atoms with E-state index in [1.54, 1.807) is 6.07 Å². The van der Waals surface area contributed by atoms with Crippen molar-refractivity contribution in [3.05, 3.63) is 71.7 Å². The van der Waals surface area contributed by atoms with Crippen LogP contribution in [-0.2, 0) is 6.42 Å². The van der Waals surface area contributed by atoms with Crippen LogP contribution in [0.1, 0.15) is 48.7 Å². The molecule has 3 fully saturated rings. The van der Waals surface area contributed by atoms with Crippen molar-refractivity contribution in [3.8, 4) is 0 Å². The van der Waals surface area contributed by atoms with E-state index in [4.69, 9.17) is 0 Å². The van der Waals surface area contributed by atoms with Crippen molar-refractivity contribution < 1.29 is 9.18 Å². The van der Waals surface area contributed by atoms with Gasteiger partial charge in [-0.3, -0.25) is 9.69 Å². The van der Waals surface area contributed by atoms with Crippen LogP contribution in [-0.4, -0.2) is 51.9 Å². The second-order valence-electron chi connectivity index (χ2n) is 10.3. The normalized spacial score (nSPS) is 31.9. The third-order valence-corrected chi connectivity index (χ3v) is 8.64. The number of fused-ring (bicyclic) bond motifs is 2. The maximum atomic E-state index is 14.4. The number of aromatic nitrogens is 1. The van der Waals surface area contributed by atoms with E-state index in [2.05, 4.69) is 53.0 Å². The van der Waals surface area contributed by atoms with Gasteiger partial charge in [-0.1, -0.05) is 49.4 Å². The van der Waals surface area contributed by atoms with Crippen molar-refractivity contribution in [2.24, 2.45) is 5.41 Å². The summed E-state index contributed by atoms with van der Waals surface area (Å²) < 4.78 is 14.4. The minimum atomic E-state index is -0.314. The lowest BCUT2D eigenvalue weighted by Gasteiger charge is -2.53. The number of hydrogen-bond donors (Lipinski definition) is 1. The van der Waals surface area contributed by atoms with Crippen molar-refractivity contribution in [2.45, 2.75) is 63.2 Å². The maximum absolute atomic E-state index is 14.4. The Kier molecular flexibility index (Phi) is 4.48. The van der Waals surface area contributed by atoms with Crippen LogP contribution in [0.3, 0.4) is 0 Å². The summed E-state index contributed by atoms with van der Waals surface area (Å²) in [7, 11) is 2.26. The summed E-state index contributed by atoms with van der Waals surface area (Å²) in [5.41, 5.74) is 2.28. The van der Waals surface area contributed by atoms with Crippen molar-refractivity contribution in [1.29, 1.82) is 0 Å². The van der Waals surface area contributed by atoms with E-state index in [1.165, 1.54) is 18.1 Å². The van der Waals surface area contributed by atoms with Crippen LogP contribution >= 0.6 is 0 Å². The number of benzene rings is 2. The molecular weight excluding hydrogens is 401 g/mol. The minimum Gasteiger partial charge on any atom is -0.348 e. The lowest BCUT2D eigenvalue weighted by Crippen LogP contribution is -2.62. The van der Waals surface area contributed by atoms with Gasteiger partial charge in [0.15, 0.2) is 0 Å². The number of amides is 1. The molecule has 3 aromatic rings. The Labute approximate surface area is 188 Å². The highest BCUT2D eigenvalue weighted by Crippen LogP contribution is 2.56. The third kappa shape index (κ3) is 2.80. The third-order valence-electron chi connectivity index (χ3n) is 8.64. The Morgan fingerprint density at radius 1 is 1.12 bits per heavy atom. The molecule has 2 aliphatic heterocycles. The molecular formula is C27H30FN3O. The van der Waals surface area contributed by atoms with Gasteiger partial charge < -0.3 is 9.88 Å². The molecule has 6 rings (SSSR count). The number of carbonyl (C=O) groups excluding carboxylic acids is 1. The molecule has 2 saturated heterocycles. The van der Waals surface area contributed by atoms with Crippen LogP contribution < -0.4 is 0 Å². The SMILES string of the molecule is CN1[C@H]2CCC[C@H]3N(C(=O)c4cc5cccc(F)c5[nH]4)[C@@H](Cc4ccccc4)[C@@H]1C[C@@]23C. The van der Waals surface area contributed by atoms with E-state index >= 15 is 0 Å². The largest absolute Gasteiger partial charge is 0.348 e. The van der Waals surface area contributed by atoms with E-state index in [0.717, 1.165) is 31.1 Å². The smallest absolute Gasteiger partial charge is 0.270 e.